The van der Waals surface area contributed by atoms with Gasteiger partial charge in [-0.15, -0.1) is 0 Å². The van der Waals surface area contributed by atoms with E-state index in [-0.39, 0.29) is 0 Å². The lowest BCUT2D eigenvalue weighted by molar-refractivity contribution is 1.34. The van der Waals surface area contributed by atoms with Crippen LogP contribution in [0.5, 0.6) is 0 Å². The summed E-state index contributed by atoms with van der Waals surface area (Å²) >= 11 is 5.30. The van der Waals surface area contributed by atoms with Crippen molar-refractivity contribution in [1.29, 1.82) is 0 Å². The minimum atomic E-state index is 0.606. The number of nitrogens with one attached hydrogen (secondary N) is 2. The van der Waals surface area contributed by atoms with E-state index in [0.29, 0.717) is 5.11 Å². The third-order valence-electron chi connectivity index (χ3n) is 2.88. The van der Waals surface area contributed by atoms with Crippen molar-refractivity contribution in [2.45, 2.75) is 13.8 Å². The number of aryl methyl sites for hydroxylation is 1. The Kier molecular flexibility index (Phi) is 3.95. The number of rotatable bonds is 2. The molecule has 0 saturated heterocycles. The highest BCUT2D eigenvalue weighted by atomic mass is 32.1. The number of hydrogen-bond donors (Lipinski definition) is 2. The Hall–Kier alpha value is -1.87. The van der Waals surface area contributed by atoms with Crippen molar-refractivity contribution in [3.8, 4) is 0 Å². The summed E-state index contributed by atoms with van der Waals surface area (Å²) in [7, 11) is 0. The van der Waals surface area contributed by atoms with Gasteiger partial charge in [0.15, 0.2) is 5.11 Å². The molecule has 0 fully saturated rings. The summed E-state index contributed by atoms with van der Waals surface area (Å²) < 4.78 is 0. The highest BCUT2D eigenvalue weighted by molar-refractivity contribution is 7.80. The fourth-order valence-corrected chi connectivity index (χ4v) is 1.92. The van der Waals surface area contributed by atoms with Crippen molar-refractivity contribution in [3.05, 3.63) is 59.7 Å². The molecular weight excluding hydrogens is 240 g/mol. The molecule has 0 aliphatic rings. The highest BCUT2D eigenvalue weighted by Crippen LogP contribution is 2.18. The maximum atomic E-state index is 5.30. The van der Waals surface area contributed by atoms with Crippen molar-refractivity contribution in [1.82, 2.24) is 0 Å². The molecule has 0 bridgehead atoms. The van der Waals surface area contributed by atoms with Crippen molar-refractivity contribution in [2.24, 2.45) is 0 Å². The van der Waals surface area contributed by atoms with Gasteiger partial charge in [-0.2, -0.15) is 0 Å². The Morgan fingerprint density at radius 3 is 2.33 bits per heavy atom. The molecule has 2 rings (SSSR count). The van der Waals surface area contributed by atoms with Gasteiger partial charge in [0.05, 0.1) is 0 Å². The maximum absolute atomic E-state index is 5.30. The minimum Gasteiger partial charge on any atom is -0.332 e. The van der Waals surface area contributed by atoms with E-state index in [4.69, 9.17) is 12.2 Å². The van der Waals surface area contributed by atoms with Gasteiger partial charge in [-0.3, -0.25) is 0 Å². The third-order valence-corrected chi connectivity index (χ3v) is 3.09. The molecule has 3 heteroatoms. The molecule has 0 aliphatic heterocycles. The van der Waals surface area contributed by atoms with Crippen LogP contribution in [-0.4, -0.2) is 5.11 Å². The molecule has 0 heterocycles. The smallest absolute Gasteiger partial charge is 0.175 e. The summed E-state index contributed by atoms with van der Waals surface area (Å²) in [5.74, 6) is 0. The second kappa shape index (κ2) is 5.65. The Morgan fingerprint density at radius 1 is 0.889 bits per heavy atom. The fraction of sp³-hybridized carbons (Fsp3) is 0.133. The number of thiocarbonyl (C=S) groups is 1. The van der Waals surface area contributed by atoms with E-state index in [1.807, 2.05) is 42.5 Å². The Labute approximate surface area is 113 Å². The molecule has 2 N–H and O–H groups in total. The first-order chi connectivity index (χ1) is 8.66. The van der Waals surface area contributed by atoms with Crippen LogP contribution in [0.3, 0.4) is 0 Å². The van der Waals surface area contributed by atoms with Gasteiger partial charge in [0.25, 0.3) is 0 Å². The molecule has 0 radical (unpaired) electrons. The summed E-state index contributed by atoms with van der Waals surface area (Å²) in [5.41, 5.74) is 4.50. The van der Waals surface area contributed by atoms with E-state index in [2.05, 4.69) is 30.5 Å². The molecule has 0 aromatic heterocycles. The van der Waals surface area contributed by atoms with Crippen LogP contribution >= 0.6 is 12.2 Å². The fourth-order valence-electron chi connectivity index (χ4n) is 1.69. The molecule has 92 valence electrons. The monoisotopic (exact) mass is 256 g/mol. The zero-order valence-electron chi connectivity index (χ0n) is 10.5. The van der Waals surface area contributed by atoms with Crippen LogP contribution in [0, 0.1) is 13.8 Å². The van der Waals surface area contributed by atoms with E-state index in [1.54, 1.807) is 0 Å². The first-order valence-electron chi connectivity index (χ1n) is 5.86. The quantitative estimate of drug-likeness (QED) is 0.791. The van der Waals surface area contributed by atoms with Gasteiger partial charge in [-0.25, -0.2) is 0 Å². The molecule has 0 atom stereocenters. The SMILES string of the molecule is Cc1cccc(NC(=S)Nc2ccccc2)c1C. The zero-order chi connectivity index (χ0) is 13.0. The predicted molar refractivity (Wildman–Crippen MR) is 82.2 cm³/mol. The topological polar surface area (TPSA) is 24.1 Å². The van der Waals surface area contributed by atoms with Crippen molar-refractivity contribution in [2.75, 3.05) is 10.6 Å². The van der Waals surface area contributed by atoms with Gasteiger partial charge < -0.3 is 10.6 Å². The first-order valence-corrected chi connectivity index (χ1v) is 6.27. The molecular formula is C15H16N2S. The van der Waals surface area contributed by atoms with E-state index in [9.17, 15) is 0 Å². The average Bonchev–Trinajstić information content (AvgIpc) is 2.36. The van der Waals surface area contributed by atoms with Crippen LogP contribution in [-0.2, 0) is 0 Å². The number of hydrogen-bond acceptors (Lipinski definition) is 1. The van der Waals surface area contributed by atoms with E-state index in [0.717, 1.165) is 11.4 Å². The molecule has 0 amide bonds. The molecule has 18 heavy (non-hydrogen) atoms. The summed E-state index contributed by atoms with van der Waals surface area (Å²) in [6, 6.07) is 16.0. The Morgan fingerprint density at radius 2 is 1.61 bits per heavy atom. The molecule has 0 saturated carbocycles. The highest BCUT2D eigenvalue weighted by Gasteiger charge is 2.02. The van der Waals surface area contributed by atoms with Crippen LogP contribution in [0.4, 0.5) is 11.4 Å². The average molecular weight is 256 g/mol. The van der Waals surface area contributed by atoms with Gasteiger partial charge in [-0.05, 0) is 55.4 Å². The van der Waals surface area contributed by atoms with Gasteiger partial charge in [0, 0.05) is 11.4 Å². The largest absolute Gasteiger partial charge is 0.332 e. The minimum absolute atomic E-state index is 0.606. The predicted octanol–water partition coefficient (Wildman–Crippen LogP) is 4.11. The van der Waals surface area contributed by atoms with Crippen LogP contribution < -0.4 is 10.6 Å². The van der Waals surface area contributed by atoms with E-state index < -0.39 is 0 Å². The molecule has 2 aromatic carbocycles. The lowest BCUT2D eigenvalue weighted by atomic mass is 10.1. The number of anilines is 2. The number of para-hydroxylation sites is 1. The van der Waals surface area contributed by atoms with Gasteiger partial charge >= 0.3 is 0 Å². The lowest BCUT2D eigenvalue weighted by Crippen LogP contribution is -2.19. The normalized spacial score (nSPS) is 9.89. The first kappa shape index (κ1) is 12.6. The zero-order valence-corrected chi connectivity index (χ0v) is 11.3. The summed E-state index contributed by atoms with van der Waals surface area (Å²) in [6.07, 6.45) is 0. The van der Waals surface area contributed by atoms with E-state index >= 15 is 0 Å². The second-order valence-electron chi connectivity index (χ2n) is 4.19. The summed E-state index contributed by atoms with van der Waals surface area (Å²) in [5, 5.41) is 6.98. The van der Waals surface area contributed by atoms with Crippen LogP contribution in [0.1, 0.15) is 11.1 Å². The summed E-state index contributed by atoms with van der Waals surface area (Å²) in [4.78, 5) is 0. The van der Waals surface area contributed by atoms with Crippen LogP contribution in [0.15, 0.2) is 48.5 Å². The molecule has 0 unspecified atom stereocenters. The maximum Gasteiger partial charge on any atom is 0.175 e. The van der Waals surface area contributed by atoms with Crippen molar-refractivity contribution in [3.63, 3.8) is 0 Å². The van der Waals surface area contributed by atoms with Gasteiger partial charge in [-0.1, -0.05) is 30.3 Å². The van der Waals surface area contributed by atoms with Gasteiger partial charge in [0.2, 0.25) is 0 Å². The number of benzene rings is 2. The van der Waals surface area contributed by atoms with Crippen LogP contribution in [0.2, 0.25) is 0 Å². The molecule has 0 aliphatic carbocycles. The van der Waals surface area contributed by atoms with Crippen molar-refractivity contribution >= 4 is 28.7 Å². The Bertz CT molecular complexity index is 550. The molecule has 0 spiro atoms. The summed E-state index contributed by atoms with van der Waals surface area (Å²) in [6.45, 7) is 4.18. The lowest BCUT2D eigenvalue weighted by Gasteiger charge is -2.13. The molecule has 2 aromatic rings. The van der Waals surface area contributed by atoms with Crippen LogP contribution in [0.25, 0.3) is 0 Å². The van der Waals surface area contributed by atoms with Gasteiger partial charge in [0.1, 0.15) is 0 Å². The van der Waals surface area contributed by atoms with Crippen molar-refractivity contribution < 1.29 is 0 Å². The van der Waals surface area contributed by atoms with E-state index in [1.165, 1.54) is 11.1 Å². The molecule has 2 nitrogen and oxygen atoms in total. The standard InChI is InChI=1S/C15H16N2S/c1-11-7-6-10-14(12(11)2)17-15(18)16-13-8-4-3-5-9-13/h3-10H,1-2H3,(H2,16,17,18). The Balaban J connectivity index is 2.06. The third kappa shape index (κ3) is 3.08. The second-order valence-corrected chi connectivity index (χ2v) is 4.60.